The highest BCUT2D eigenvalue weighted by atomic mass is 16.2. The van der Waals surface area contributed by atoms with Crippen LogP contribution in [0.15, 0.2) is 72.8 Å². The maximum Gasteiger partial charge on any atom is 0.312 e. The van der Waals surface area contributed by atoms with Crippen LogP contribution in [-0.4, -0.2) is 16.7 Å². The Bertz CT molecular complexity index is 870. The quantitative estimate of drug-likeness (QED) is 0.752. The van der Waals surface area contributed by atoms with Crippen LogP contribution in [0.25, 0.3) is 10.8 Å². The summed E-state index contributed by atoms with van der Waals surface area (Å²) in [5, 5.41) is 2.16. The fraction of sp³-hybridized carbons (Fsp3) is 0.100. The summed E-state index contributed by atoms with van der Waals surface area (Å²) in [4.78, 5) is 25.1. The topological polar surface area (TPSA) is 63.4 Å². The zero-order chi connectivity index (χ0) is 16.9. The van der Waals surface area contributed by atoms with E-state index in [1.807, 2.05) is 72.8 Å². The summed E-state index contributed by atoms with van der Waals surface area (Å²) < 4.78 is 0. The molecule has 3 aromatic carbocycles. The second-order valence-corrected chi connectivity index (χ2v) is 5.65. The Morgan fingerprint density at radius 3 is 2.21 bits per heavy atom. The fourth-order valence-electron chi connectivity index (χ4n) is 2.80. The SMILES string of the molecule is NC(=O)C(=O)N(Cc1ccccc1)Cc1cccc2ccccc12. The molecule has 4 heteroatoms. The number of hydrogen-bond donors (Lipinski definition) is 1. The molecule has 0 fully saturated rings. The molecule has 3 rings (SSSR count). The van der Waals surface area contributed by atoms with Gasteiger partial charge in [-0.05, 0) is 21.9 Å². The molecule has 3 aromatic rings. The number of carbonyl (C=O) groups is 2. The Morgan fingerprint density at radius 2 is 1.46 bits per heavy atom. The van der Waals surface area contributed by atoms with Crippen LogP contribution in [0.3, 0.4) is 0 Å². The van der Waals surface area contributed by atoms with Gasteiger partial charge in [0.25, 0.3) is 0 Å². The summed E-state index contributed by atoms with van der Waals surface area (Å²) in [5.74, 6) is -1.61. The molecule has 0 aliphatic heterocycles. The molecule has 0 aliphatic carbocycles. The molecule has 0 atom stereocenters. The normalized spacial score (nSPS) is 10.5. The van der Waals surface area contributed by atoms with Crippen molar-refractivity contribution < 1.29 is 9.59 Å². The fourth-order valence-corrected chi connectivity index (χ4v) is 2.80. The van der Waals surface area contributed by atoms with Crippen molar-refractivity contribution in [2.24, 2.45) is 5.73 Å². The van der Waals surface area contributed by atoms with Crippen molar-refractivity contribution in [2.45, 2.75) is 13.1 Å². The first-order valence-corrected chi connectivity index (χ1v) is 7.74. The number of rotatable bonds is 4. The Kier molecular flexibility index (Phi) is 4.57. The molecular formula is C20H18N2O2. The summed E-state index contributed by atoms with van der Waals surface area (Å²) in [5.41, 5.74) is 7.16. The molecule has 0 unspecified atom stereocenters. The summed E-state index contributed by atoms with van der Waals surface area (Å²) in [6.45, 7) is 0.670. The summed E-state index contributed by atoms with van der Waals surface area (Å²) in [7, 11) is 0. The lowest BCUT2D eigenvalue weighted by atomic mass is 10.0. The lowest BCUT2D eigenvalue weighted by molar-refractivity contribution is -0.145. The van der Waals surface area contributed by atoms with Crippen LogP contribution in [0.4, 0.5) is 0 Å². The van der Waals surface area contributed by atoms with Crippen molar-refractivity contribution in [3.63, 3.8) is 0 Å². The number of hydrogen-bond acceptors (Lipinski definition) is 2. The molecule has 0 radical (unpaired) electrons. The van der Waals surface area contributed by atoms with E-state index in [9.17, 15) is 9.59 Å². The molecule has 2 amide bonds. The van der Waals surface area contributed by atoms with Gasteiger partial charge < -0.3 is 10.6 Å². The molecule has 120 valence electrons. The van der Waals surface area contributed by atoms with E-state index in [1.165, 1.54) is 4.90 Å². The molecular weight excluding hydrogens is 300 g/mol. The lowest BCUT2D eigenvalue weighted by Gasteiger charge is -2.22. The molecule has 0 bridgehead atoms. The van der Waals surface area contributed by atoms with Gasteiger partial charge in [-0.2, -0.15) is 0 Å². The first-order chi connectivity index (χ1) is 11.6. The van der Waals surface area contributed by atoms with Crippen LogP contribution in [-0.2, 0) is 22.7 Å². The van der Waals surface area contributed by atoms with Gasteiger partial charge >= 0.3 is 11.8 Å². The highest BCUT2D eigenvalue weighted by Crippen LogP contribution is 2.21. The van der Waals surface area contributed by atoms with Gasteiger partial charge in [-0.3, -0.25) is 9.59 Å². The molecule has 0 heterocycles. The Balaban J connectivity index is 1.93. The number of amides is 2. The molecule has 2 N–H and O–H groups in total. The van der Waals surface area contributed by atoms with Gasteiger partial charge in [0.15, 0.2) is 0 Å². The number of primary amides is 1. The van der Waals surface area contributed by atoms with Crippen LogP contribution >= 0.6 is 0 Å². The second kappa shape index (κ2) is 6.96. The molecule has 4 nitrogen and oxygen atoms in total. The zero-order valence-electron chi connectivity index (χ0n) is 13.2. The van der Waals surface area contributed by atoms with Gasteiger partial charge in [0.2, 0.25) is 0 Å². The minimum atomic E-state index is -0.939. The highest BCUT2D eigenvalue weighted by Gasteiger charge is 2.20. The van der Waals surface area contributed by atoms with Crippen molar-refractivity contribution in [1.29, 1.82) is 0 Å². The Morgan fingerprint density at radius 1 is 0.792 bits per heavy atom. The van der Waals surface area contributed by atoms with Gasteiger partial charge in [0.05, 0.1) is 0 Å². The van der Waals surface area contributed by atoms with Crippen LogP contribution in [0, 0.1) is 0 Å². The summed E-state index contributed by atoms with van der Waals surface area (Å²) in [6, 6.07) is 23.5. The maximum absolute atomic E-state index is 12.2. The molecule has 0 spiro atoms. The van der Waals surface area contributed by atoms with Crippen LogP contribution < -0.4 is 5.73 Å². The van der Waals surface area contributed by atoms with Crippen molar-refractivity contribution in [1.82, 2.24) is 4.90 Å². The predicted molar refractivity (Wildman–Crippen MR) is 93.8 cm³/mol. The predicted octanol–water partition coefficient (Wildman–Crippen LogP) is 2.85. The van der Waals surface area contributed by atoms with E-state index in [0.717, 1.165) is 21.9 Å². The van der Waals surface area contributed by atoms with Crippen molar-refractivity contribution in [2.75, 3.05) is 0 Å². The van der Waals surface area contributed by atoms with Gasteiger partial charge in [0.1, 0.15) is 0 Å². The third kappa shape index (κ3) is 3.43. The maximum atomic E-state index is 12.2. The Labute approximate surface area is 140 Å². The summed E-state index contributed by atoms with van der Waals surface area (Å²) in [6.07, 6.45) is 0. The molecule has 24 heavy (non-hydrogen) atoms. The second-order valence-electron chi connectivity index (χ2n) is 5.65. The highest BCUT2D eigenvalue weighted by molar-refractivity contribution is 6.34. The van der Waals surface area contributed by atoms with E-state index in [4.69, 9.17) is 5.73 Å². The van der Waals surface area contributed by atoms with E-state index in [-0.39, 0.29) is 0 Å². The van der Waals surface area contributed by atoms with E-state index >= 15 is 0 Å². The van der Waals surface area contributed by atoms with E-state index in [0.29, 0.717) is 13.1 Å². The van der Waals surface area contributed by atoms with E-state index in [1.54, 1.807) is 0 Å². The zero-order valence-corrected chi connectivity index (χ0v) is 13.2. The van der Waals surface area contributed by atoms with Crippen molar-refractivity contribution >= 4 is 22.6 Å². The first-order valence-electron chi connectivity index (χ1n) is 7.74. The monoisotopic (exact) mass is 318 g/mol. The molecule has 0 saturated heterocycles. The number of nitrogens with zero attached hydrogens (tertiary/aromatic N) is 1. The molecule has 0 aromatic heterocycles. The minimum absolute atomic E-state index is 0.331. The third-order valence-electron chi connectivity index (χ3n) is 3.96. The van der Waals surface area contributed by atoms with Crippen molar-refractivity contribution in [3.05, 3.63) is 83.9 Å². The molecule has 0 saturated carbocycles. The van der Waals surface area contributed by atoms with Gasteiger partial charge in [-0.1, -0.05) is 72.8 Å². The molecule has 0 aliphatic rings. The number of fused-ring (bicyclic) bond motifs is 1. The average molecular weight is 318 g/mol. The first kappa shape index (κ1) is 15.7. The smallest absolute Gasteiger partial charge is 0.312 e. The van der Waals surface area contributed by atoms with Crippen molar-refractivity contribution in [3.8, 4) is 0 Å². The number of nitrogens with two attached hydrogens (primary N) is 1. The van der Waals surface area contributed by atoms with Crippen LogP contribution in [0.2, 0.25) is 0 Å². The standard InChI is InChI=1S/C20H18N2O2/c21-19(23)20(24)22(13-15-7-2-1-3-8-15)14-17-11-6-10-16-9-4-5-12-18(16)17/h1-12H,13-14H2,(H2,21,23). The van der Waals surface area contributed by atoms with Gasteiger partial charge in [-0.15, -0.1) is 0 Å². The Hall–Kier alpha value is -3.14. The largest absolute Gasteiger partial charge is 0.361 e. The van der Waals surface area contributed by atoms with Gasteiger partial charge in [-0.25, -0.2) is 0 Å². The average Bonchev–Trinajstić information content (AvgIpc) is 2.61. The van der Waals surface area contributed by atoms with E-state index < -0.39 is 11.8 Å². The van der Waals surface area contributed by atoms with Crippen LogP contribution in [0.5, 0.6) is 0 Å². The lowest BCUT2D eigenvalue weighted by Crippen LogP contribution is -2.39. The third-order valence-corrected chi connectivity index (χ3v) is 3.96. The minimum Gasteiger partial charge on any atom is -0.361 e. The van der Waals surface area contributed by atoms with E-state index in [2.05, 4.69) is 0 Å². The number of benzene rings is 3. The summed E-state index contributed by atoms with van der Waals surface area (Å²) >= 11 is 0. The van der Waals surface area contributed by atoms with Gasteiger partial charge in [0, 0.05) is 13.1 Å². The number of carbonyl (C=O) groups excluding carboxylic acids is 2. The van der Waals surface area contributed by atoms with Crippen LogP contribution in [0.1, 0.15) is 11.1 Å².